The fourth-order valence-electron chi connectivity index (χ4n) is 2.03. The Kier molecular flexibility index (Phi) is 4.92. The molecule has 0 atom stereocenters. The van der Waals surface area contributed by atoms with E-state index in [-0.39, 0.29) is 10.7 Å². The molecule has 0 bridgehead atoms. The highest BCUT2D eigenvalue weighted by molar-refractivity contribution is 8.00. The number of thioether (sulfide) groups is 1. The van der Waals surface area contributed by atoms with E-state index in [2.05, 4.69) is 23.4 Å². The van der Waals surface area contributed by atoms with Gasteiger partial charge in [-0.15, -0.1) is 11.3 Å². The van der Waals surface area contributed by atoms with Crippen LogP contribution >= 0.6 is 23.1 Å². The summed E-state index contributed by atoms with van der Waals surface area (Å²) in [5.74, 6) is 5.74. The summed E-state index contributed by atoms with van der Waals surface area (Å²) < 4.78 is 0.272. The van der Waals surface area contributed by atoms with Crippen LogP contribution in [0.1, 0.15) is 34.5 Å². The summed E-state index contributed by atoms with van der Waals surface area (Å²) in [4.78, 5) is 12.9. The highest BCUT2D eigenvalue weighted by atomic mass is 32.2. The minimum Gasteiger partial charge on any atom is -0.351 e. The molecule has 1 aliphatic carbocycles. The zero-order chi connectivity index (χ0) is 13.7. The number of hydrogen-bond donors (Lipinski definition) is 2. The molecule has 0 saturated heterocycles. The number of hydrogen-bond acceptors (Lipinski definition) is 4. The fourth-order valence-corrected chi connectivity index (χ4v) is 3.70. The van der Waals surface area contributed by atoms with E-state index in [1.165, 1.54) is 30.6 Å². The molecule has 5 heteroatoms. The molecule has 0 unspecified atom stereocenters. The predicted octanol–water partition coefficient (Wildman–Crippen LogP) is 2.07. The van der Waals surface area contributed by atoms with Gasteiger partial charge in [-0.3, -0.25) is 4.79 Å². The quantitative estimate of drug-likeness (QED) is 0.836. The van der Waals surface area contributed by atoms with Crippen LogP contribution in [-0.2, 0) is 0 Å². The van der Waals surface area contributed by atoms with Crippen molar-refractivity contribution in [2.45, 2.75) is 24.0 Å². The summed E-state index contributed by atoms with van der Waals surface area (Å²) in [6, 6.07) is 1.83. The number of rotatable bonds is 4. The lowest BCUT2D eigenvalue weighted by Gasteiger charge is -2.40. The van der Waals surface area contributed by atoms with Crippen LogP contribution < -0.4 is 11.1 Å². The molecule has 0 radical (unpaired) electrons. The molecule has 1 fully saturated rings. The number of nitrogens with one attached hydrogen (secondary N) is 1. The van der Waals surface area contributed by atoms with Crippen molar-refractivity contribution >= 4 is 29.0 Å². The maximum absolute atomic E-state index is 12.0. The Hall–Kier alpha value is -0.960. The number of amides is 1. The van der Waals surface area contributed by atoms with E-state index >= 15 is 0 Å². The Labute approximate surface area is 122 Å². The van der Waals surface area contributed by atoms with E-state index in [1.807, 2.05) is 23.2 Å². The Morgan fingerprint density at radius 2 is 2.42 bits per heavy atom. The molecule has 0 aromatic carbocycles. The third-order valence-electron chi connectivity index (χ3n) is 3.44. The lowest BCUT2D eigenvalue weighted by Crippen LogP contribution is -2.45. The second-order valence-corrected chi connectivity index (χ2v) is 6.81. The minimum absolute atomic E-state index is 0.00243. The average Bonchev–Trinajstić information content (AvgIpc) is 2.84. The number of thiophene rings is 1. The molecular weight excluding hydrogens is 276 g/mol. The van der Waals surface area contributed by atoms with Crippen LogP contribution in [0.3, 0.4) is 0 Å². The van der Waals surface area contributed by atoms with Crippen LogP contribution in [0.4, 0.5) is 0 Å². The Bertz CT molecular complexity index is 503. The van der Waals surface area contributed by atoms with Gasteiger partial charge in [0.25, 0.3) is 5.91 Å². The lowest BCUT2D eigenvalue weighted by atomic mass is 9.84. The van der Waals surface area contributed by atoms with Crippen molar-refractivity contribution in [1.29, 1.82) is 0 Å². The van der Waals surface area contributed by atoms with Crippen molar-refractivity contribution in [3.8, 4) is 11.8 Å². The summed E-state index contributed by atoms with van der Waals surface area (Å²) in [6.45, 7) is 1.10. The largest absolute Gasteiger partial charge is 0.351 e. The van der Waals surface area contributed by atoms with Gasteiger partial charge in [0.15, 0.2) is 0 Å². The van der Waals surface area contributed by atoms with E-state index in [1.54, 1.807) is 0 Å². The fraction of sp³-hybridized carbons (Fsp3) is 0.500. The molecule has 19 heavy (non-hydrogen) atoms. The minimum atomic E-state index is -0.00243. The van der Waals surface area contributed by atoms with Gasteiger partial charge in [0.05, 0.1) is 17.0 Å². The van der Waals surface area contributed by atoms with Crippen molar-refractivity contribution in [2.24, 2.45) is 5.73 Å². The van der Waals surface area contributed by atoms with Crippen LogP contribution in [0.25, 0.3) is 0 Å². The molecule has 3 N–H and O–H groups in total. The topological polar surface area (TPSA) is 55.1 Å². The van der Waals surface area contributed by atoms with Gasteiger partial charge in [0, 0.05) is 16.7 Å². The second-order valence-electron chi connectivity index (χ2n) is 4.63. The number of nitrogens with two attached hydrogens (primary N) is 1. The molecule has 1 aromatic rings. The molecule has 1 aromatic heterocycles. The van der Waals surface area contributed by atoms with Crippen LogP contribution in [0, 0.1) is 11.8 Å². The van der Waals surface area contributed by atoms with E-state index in [0.29, 0.717) is 12.1 Å². The summed E-state index contributed by atoms with van der Waals surface area (Å²) in [5, 5.41) is 4.89. The van der Waals surface area contributed by atoms with E-state index in [4.69, 9.17) is 5.73 Å². The van der Waals surface area contributed by atoms with Crippen molar-refractivity contribution in [1.82, 2.24) is 5.32 Å². The highest BCUT2D eigenvalue weighted by Gasteiger charge is 2.36. The van der Waals surface area contributed by atoms with Crippen molar-refractivity contribution in [3.05, 3.63) is 21.9 Å². The summed E-state index contributed by atoms with van der Waals surface area (Å²) in [7, 11) is 0. The molecule has 102 valence electrons. The van der Waals surface area contributed by atoms with Crippen LogP contribution in [-0.4, -0.2) is 30.0 Å². The summed E-state index contributed by atoms with van der Waals surface area (Å²) >= 11 is 3.35. The molecule has 1 aliphatic rings. The van der Waals surface area contributed by atoms with Gasteiger partial charge in [0.2, 0.25) is 0 Å². The van der Waals surface area contributed by atoms with Crippen LogP contribution in [0.15, 0.2) is 11.4 Å². The molecule has 3 nitrogen and oxygen atoms in total. The SMILES string of the molecule is CSC1(CNC(=O)c2csc(C#CCN)c2)CCC1. The molecule has 1 heterocycles. The molecule has 1 saturated carbocycles. The molecule has 0 spiro atoms. The first-order chi connectivity index (χ1) is 9.19. The highest BCUT2D eigenvalue weighted by Crippen LogP contribution is 2.42. The number of carbonyl (C=O) groups excluding carboxylic acids is 1. The van der Waals surface area contributed by atoms with Gasteiger partial charge in [0.1, 0.15) is 0 Å². The van der Waals surface area contributed by atoms with Gasteiger partial charge < -0.3 is 11.1 Å². The first-order valence-electron chi connectivity index (χ1n) is 6.30. The normalized spacial score (nSPS) is 16.1. The molecule has 1 amide bonds. The monoisotopic (exact) mass is 294 g/mol. The third kappa shape index (κ3) is 3.53. The zero-order valence-corrected chi connectivity index (χ0v) is 12.6. The maximum atomic E-state index is 12.0. The van der Waals surface area contributed by atoms with Crippen molar-refractivity contribution in [2.75, 3.05) is 19.3 Å². The standard InChI is InChI=1S/C14H18N2OS2/c1-18-14(5-3-6-14)10-16-13(17)11-8-12(19-9-11)4-2-7-15/h8-9H,3,5-7,10,15H2,1H3,(H,16,17). The van der Waals surface area contributed by atoms with Gasteiger partial charge in [-0.05, 0) is 25.2 Å². The zero-order valence-electron chi connectivity index (χ0n) is 11.0. The smallest absolute Gasteiger partial charge is 0.252 e. The van der Waals surface area contributed by atoms with Crippen molar-refractivity contribution < 1.29 is 4.79 Å². The Morgan fingerprint density at radius 1 is 1.63 bits per heavy atom. The summed E-state index contributed by atoms with van der Waals surface area (Å²) in [6.07, 6.45) is 5.79. The first kappa shape index (κ1) is 14.4. The van der Waals surface area contributed by atoms with Crippen molar-refractivity contribution in [3.63, 3.8) is 0 Å². The Morgan fingerprint density at radius 3 is 3.00 bits per heavy atom. The van der Waals surface area contributed by atoms with Gasteiger partial charge in [-0.1, -0.05) is 18.3 Å². The second kappa shape index (κ2) is 6.47. The third-order valence-corrected chi connectivity index (χ3v) is 5.71. The molecule has 0 aliphatic heterocycles. The number of carbonyl (C=O) groups is 1. The van der Waals surface area contributed by atoms with E-state index < -0.39 is 0 Å². The summed E-state index contributed by atoms with van der Waals surface area (Å²) in [5.41, 5.74) is 6.02. The van der Waals surface area contributed by atoms with E-state index in [9.17, 15) is 4.79 Å². The van der Waals surface area contributed by atoms with Gasteiger partial charge >= 0.3 is 0 Å². The lowest BCUT2D eigenvalue weighted by molar-refractivity contribution is 0.0944. The maximum Gasteiger partial charge on any atom is 0.252 e. The first-order valence-corrected chi connectivity index (χ1v) is 8.40. The van der Waals surface area contributed by atoms with Gasteiger partial charge in [-0.25, -0.2) is 0 Å². The predicted molar refractivity (Wildman–Crippen MR) is 82.7 cm³/mol. The average molecular weight is 294 g/mol. The van der Waals surface area contributed by atoms with E-state index in [0.717, 1.165) is 11.4 Å². The van der Waals surface area contributed by atoms with Gasteiger partial charge in [-0.2, -0.15) is 11.8 Å². The molecular formula is C14H18N2OS2. The van der Waals surface area contributed by atoms with Crippen LogP contribution in [0.2, 0.25) is 0 Å². The molecule has 2 rings (SSSR count). The Balaban J connectivity index is 1.91. The van der Waals surface area contributed by atoms with Crippen LogP contribution in [0.5, 0.6) is 0 Å².